The minimum Gasteiger partial charge on any atom is -0.369 e. The fraction of sp³-hybridized carbons (Fsp3) is 0. The molecule has 0 unspecified atom stereocenters. The molecule has 0 amide bonds. The largest absolute Gasteiger partial charge is 0.369 e. The Hall–Kier alpha value is -0.170. The average Bonchev–Trinajstić information content (AvgIpc) is 0.722. The van der Waals surface area contributed by atoms with E-state index in [2.05, 4.69) is 10.3 Å². The van der Waals surface area contributed by atoms with Crippen LogP contribution < -0.4 is 16.4 Å². The molecule has 0 heterocycles. The van der Waals surface area contributed by atoms with Crippen LogP contribution in [0.4, 0.5) is 0 Å². The summed E-state index contributed by atoms with van der Waals surface area (Å²) in [5.74, 6) is 0. The molecule has 40 valence electrons. The normalized spacial score (nSPS) is 9.67. The van der Waals surface area contributed by atoms with Crippen LogP contribution in [0.3, 0.4) is 0 Å². The Morgan fingerprint density at radius 1 is 1.17 bits per heavy atom. The number of hydrogen-bond donors (Lipinski definition) is 3. The smallest absolute Gasteiger partial charge is 0.271 e. The average molecular weight is 114 g/mol. The van der Waals surface area contributed by atoms with Crippen LogP contribution in [0.15, 0.2) is 0 Å². The van der Waals surface area contributed by atoms with E-state index < -0.39 is 10.2 Å². The Labute approximate surface area is 36.1 Å². The molecule has 0 aliphatic rings. The van der Waals surface area contributed by atoms with Crippen LogP contribution >= 0.6 is 0 Å². The predicted octanol–water partition coefficient (Wildman–Crippen LogP) is -1.48. The molecule has 0 saturated heterocycles. The van der Waals surface area contributed by atoms with E-state index in [0.717, 1.165) is 0 Å². The third-order valence-electron chi connectivity index (χ3n) is 0. The number of nitrogens with two attached hydrogens (primary N) is 2. The highest BCUT2D eigenvalue weighted by Crippen LogP contribution is 1.40. The van der Waals surface area contributed by atoms with Crippen molar-refractivity contribution in [1.29, 1.82) is 0 Å². The van der Waals surface area contributed by atoms with Crippen molar-refractivity contribution in [2.45, 2.75) is 0 Å². The zero-order valence-electron chi connectivity index (χ0n) is 3.38. The van der Waals surface area contributed by atoms with Crippen LogP contribution in [0.5, 0.6) is 0 Å². The monoisotopic (exact) mass is 114 g/mol. The first-order valence-corrected chi connectivity index (χ1v) is 2.41. The van der Waals surface area contributed by atoms with Gasteiger partial charge in [-0.2, -0.15) is 8.42 Å². The van der Waals surface area contributed by atoms with Gasteiger partial charge in [0.1, 0.15) is 0 Å². The van der Waals surface area contributed by atoms with Crippen molar-refractivity contribution in [1.82, 2.24) is 6.15 Å². The van der Waals surface area contributed by atoms with Crippen molar-refractivity contribution in [2.24, 2.45) is 10.3 Å². The van der Waals surface area contributed by atoms with Gasteiger partial charge >= 0.3 is 0 Å². The van der Waals surface area contributed by atoms with E-state index in [9.17, 15) is 8.42 Å². The van der Waals surface area contributed by atoms with Crippen molar-refractivity contribution in [3.05, 3.63) is 0 Å². The van der Waals surface area contributed by atoms with Crippen molar-refractivity contribution < 1.29 is 8.42 Å². The Bertz CT molecular complexity index is 92.0. The molecular weight excluding hydrogens is 106 g/mol. The van der Waals surface area contributed by atoms with Gasteiger partial charge in [-0.1, -0.05) is 0 Å². The summed E-state index contributed by atoms with van der Waals surface area (Å²) in [6.07, 6.45) is 0. The van der Waals surface area contributed by atoms with Gasteiger partial charge in [0.15, 0.2) is 0 Å². The second-order valence-electron chi connectivity index (χ2n) is 0.589. The van der Waals surface area contributed by atoms with Gasteiger partial charge in [0.2, 0.25) is 0 Å². The quantitative estimate of drug-likeness (QED) is 0.355. The van der Waals surface area contributed by atoms with Crippen LogP contribution in [0.1, 0.15) is 0 Å². The number of quaternary nitrogens is 1. The van der Waals surface area contributed by atoms with Crippen LogP contribution in [-0.2, 0) is 10.2 Å². The van der Waals surface area contributed by atoms with E-state index in [1.54, 1.807) is 0 Å². The molecule has 6 heavy (non-hydrogen) atoms. The molecule has 0 aromatic carbocycles. The Morgan fingerprint density at radius 3 is 1.17 bits per heavy atom. The Balaban J connectivity index is 0. The van der Waals surface area contributed by atoms with Crippen molar-refractivity contribution >= 4 is 10.2 Å². The maximum absolute atomic E-state index is 9.19. The minimum absolute atomic E-state index is 0. The van der Waals surface area contributed by atoms with Gasteiger partial charge in [0.05, 0.1) is 0 Å². The lowest BCUT2D eigenvalue weighted by Gasteiger charge is -1.72. The topological polar surface area (TPSA) is 123 Å². The zero-order chi connectivity index (χ0) is 4.50. The standard InChI is InChI=1S/H4N2O2S.H3N/c1-5(2,3)4;/h(H4,1,2,3,4);1H3/p+1. The molecule has 0 aromatic rings. The van der Waals surface area contributed by atoms with Gasteiger partial charge in [0.25, 0.3) is 10.2 Å². The van der Waals surface area contributed by atoms with Crippen molar-refractivity contribution in [3.63, 3.8) is 0 Å². The van der Waals surface area contributed by atoms with Gasteiger partial charge in [-0.3, -0.25) is 0 Å². The SMILES string of the molecule is NS(N)(=O)=O.[NH4+]. The maximum Gasteiger partial charge on any atom is 0.271 e. The summed E-state index contributed by atoms with van der Waals surface area (Å²) in [7, 11) is -3.67. The molecule has 0 radical (unpaired) electrons. The van der Waals surface area contributed by atoms with Crippen LogP contribution in [-0.4, -0.2) is 8.42 Å². The summed E-state index contributed by atoms with van der Waals surface area (Å²) in [5.41, 5.74) is 0. The first-order valence-electron chi connectivity index (χ1n) is 0.805. The third kappa shape index (κ3) is 1060. The van der Waals surface area contributed by atoms with E-state index >= 15 is 0 Å². The lowest BCUT2D eigenvalue weighted by Crippen LogP contribution is -2.21. The molecule has 0 atom stereocenters. The highest BCUT2D eigenvalue weighted by molar-refractivity contribution is 7.86. The van der Waals surface area contributed by atoms with Gasteiger partial charge in [0, 0.05) is 0 Å². The summed E-state index contributed by atoms with van der Waals surface area (Å²) in [6, 6.07) is 0. The van der Waals surface area contributed by atoms with Gasteiger partial charge in [-0.15, -0.1) is 0 Å². The molecule has 0 spiro atoms. The summed E-state index contributed by atoms with van der Waals surface area (Å²) >= 11 is 0. The van der Waals surface area contributed by atoms with Crippen molar-refractivity contribution in [2.75, 3.05) is 0 Å². The molecule has 0 fully saturated rings. The zero-order valence-corrected chi connectivity index (χ0v) is 4.20. The summed E-state index contributed by atoms with van der Waals surface area (Å²) < 4.78 is 18.4. The van der Waals surface area contributed by atoms with E-state index in [1.165, 1.54) is 0 Å². The molecule has 5 nitrogen and oxygen atoms in total. The molecule has 0 bridgehead atoms. The molecule has 0 aliphatic heterocycles. The first-order chi connectivity index (χ1) is 2.00. The summed E-state index contributed by atoms with van der Waals surface area (Å²) in [5, 5.41) is 8.21. The molecule has 6 heteroatoms. The van der Waals surface area contributed by atoms with Gasteiger partial charge in [-0.05, 0) is 0 Å². The molecule has 0 rings (SSSR count). The van der Waals surface area contributed by atoms with Crippen LogP contribution in [0, 0.1) is 0 Å². The summed E-state index contributed by atoms with van der Waals surface area (Å²) in [4.78, 5) is 0. The lowest BCUT2D eigenvalue weighted by atomic mass is 13.9. The number of hydrogen-bond acceptors (Lipinski definition) is 2. The van der Waals surface area contributed by atoms with E-state index in [0.29, 0.717) is 0 Å². The molecule has 0 aromatic heterocycles. The van der Waals surface area contributed by atoms with E-state index in [1.807, 2.05) is 0 Å². The highest BCUT2D eigenvalue weighted by atomic mass is 32.2. The van der Waals surface area contributed by atoms with E-state index in [4.69, 9.17) is 0 Å². The molecule has 0 saturated carbocycles. The molecule has 8 N–H and O–H groups in total. The summed E-state index contributed by atoms with van der Waals surface area (Å²) in [6.45, 7) is 0. The first kappa shape index (κ1) is 9.27. The van der Waals surface area contributed by atoms with Crippen LogP contribution in [0.2, 0.25) is 0 Å². The number of rotatable bonds is 0. The lowest BCUT2D eigenvalue weighted by molar-refractivity contribution is 0.599. The van der Waals surface area contributed by atoms with Crippen LogP contribution in [0.25, 0.3) is 0 Å². The second kappa shape index (κ2) is 2.08. The maximum atomic E-state index is 9.19. The third-order valence-corrected chi connectivity index (χ3v) is 0. The Kier molecular flexibility index (Phi) is 3.22. The molecular formula is H8N3O2S+. The van der Waals surface area contributed by atoms with Gasteiger partial charge in [-0.25, -0.2) is 10.3 Å². The predicted molar refractivity (Wildman–Crippen MR) is 23.3 cm³/mol. The minimum atomic E-state index is -3.67. The Morgan fingerprint density at radius 2 is 1.17 bits per heavy atom. The van der Waals surface area contributed by atoms with Crippen molar-refractivity contribution in [3.8, 4) is 0 Å². The van der Waals surface area contributed by atoms with Gasteiger partial charge < -0.3 is 6.15 Å². The fourth-order valence-corrected chi connectivity index (χ4v) is 0. The fourth-order valence-electron chi connectivity index (χ4n) is 0. The second-order valence-corrected chi connectivity index (χ2v) is 1.77. The van der Waals surface area contributed by atoms with E-state index in [-0.39, 0.29) is 6.15 Å². The molecule has 0 aliphatic carbocycles. The highest BCUT2D eigenvalue weighted by Gasteiger charge is 1.78.